The van der Waals surface area contributed by atoms with E-state index in [1.54, 1.807) is 7.11 Å². The van der Waals surface area contributed by atoms with E-state index in [1.165, 1.54) is 25.1 Å². The van der Waals surface area contributed by atoms with Crippen LogP contribution in [0.2, 0.25) is 0 Å². The monoisotopic (exact) mass is 248 g/mol. The molecule has 1 heterocycles. The fourth-order valence-corrected chi connectivity index (χ4v) is 2.60. The summed E-state index contributed by atoms with van der Waals surface area (Å²) < 4.78 is 5.39. The highest BCUT2D eigenvalue weighted by atomic mass is 16.5. The van der Waals surface area contributed by atoms with Crippen molar-refractivity contribution in [2.24, 2.45) is 0 Å². The van der Waals surface area contributed by atoms with Crippen LogP contribution in [0, 0.1) is 0 Å². The van der Waals surface area contributed by atoms with Gasteiger partial charge in [-0.05, 0) is 37.9 Å². The molecule has 1 aromatic rings. The Bertz CT molecular complexity index is 367. The molecule has 1 N–H and O–H groups in total. The molecule has 0 saturated carbocycles. The third kappa shape index (κ3) is 3.47. The predicted molar refractivity (Wildman–Crippen MR) is 75.2 cm³/mol. The summed E-state index contributed by atoms with van der Waals surface area (Å²) in [5.41, 5.74) is 1.32. The van der Waals surface area contributed by atoms with Gasteiger partial charge < -0.3 is 10.1 Å². The molecule has 1 saturated heterocycles. The van der Waals surface area contributed by atoms with Crippen molar-refractivity contribution in [1.29, 1.82) is 0 Å². The summed E-state index contributed by atoms with van der Waals surface area (Å²) >= 11 is 0. The minimum Gasteiger partial charge on any atom is -0.496 e. The van der Waals surface area contributed by atoms with Crippen LogP contribution < -0.4 is 10.1 Å². The zero-order chi connectivity index (χ0) is 12.8. The quantitative estimate of drug-likeness (QED) is 0.861. The van der Waals surface area contributed by atoms with Crippen LogP contribution in [0.5, 0.6) is 5.75 Å². The first kappa shape index (κ1) is 13.4. The highest BCUT2D eigenvalue weighted by Gasteiger charge is 2.16. The Morgan fingerprint density at radius 1 is 1.39 bits per heavy atom. The molecule has 1 aliphatic rings. The van der Waals surface area contributed by atoms with E-state index in [0.29, 0.717) is 6.04 Å². The molecule has 0 aromatic heterocycles. The van der Waals surface area contributed by atoms with E-state index in [0.717, 1.165) is 25.3 Å². The maximum atomic E-state index is 5.39. The molecule has 0 aliphatic carbocycles. The van der Waals surface area contributed by atoms with E-state index in [1.807, 2.05) is 12.1 Å². The van der Waals surface area contributed by atoms with Gasteiger partial charge in [0.25, 0.3) is 0 Å². The topological polar surface area (TPSA) is 24.5 Å². The molecule has 0 amide bonds. The SMILES string of the molecule is COc1ccccc1CCCN1CCNCC1C. The fourth-order valence-electron chi connectivity index (χ4n) is 2.60. The first-order valence-electron chi connectivity index (χ1n) is 6.88. The molecule has 1 aliphatic heterocycles. The van der Waals surface area contributed by atoms with E-state index < -0.39 is 0 Å². The van der Waals surface area contributed by atoms with Crippen molar-refractivity contribution in [3.63, 3.8) is 0 Å². The first-order valence-corrected chi connectivity index (χ1v) is 6.88. The van der Waals surface area contributed by atoms with Crippen LogP contribution >= 0.6 is 0 Å². The molecule has 3 heteroatoms. The lowest BCUT2D eigenvalue weighted by atomic mass is 10.1. The maximum absolute atomic E-state index is 5.39. The van der Waals surface area contributed by atoms with Crippen LogP contribution in [0.25, 0.3) is 0 Å². The third-order valence-electron chi connectivity index (χ3n) is 3.72. The van der Waals surface area contributed by atoms with Crippen molar-refractivity contribution in [1.82, 2.24) is 10.2 Å². The van der Waals surface area contributed by atoms with Crippen molar-refractivity contribution in [2.75, 3.05) is 33.3 Å². The number of hydrogen-bond donors (Lipinski definition) is 1. The molecule has 1 atom stereocenters. The molecular formula is C15H24N2O. The van der Waals surface area contributed by atoms with Crippen LogP contribution in [-0.2, 0) is 6.42 Å². The van der Waals surface area contributed by atoms with Gasteiger partial charge >= 0.3 is 0 Å². The molecule has 0 bridgehead atoms. The van der Waals surface area contributed by atoms with Crippen molar-refractivity contribution in [3.8, 4) is 5.75 Å². The minimum atomic E-state index is 0.663. The van der Waals surface area contributed by atoms with Crippen molar-refractivity contribution in [2.45, 2.75) is 25.8 Å². The first-order chi connectivity index (χ1) is 8.81. The summed E-state index contributed by atoms with van der Waals surface area (Å²) in [5.74, 6) is 1.02. The maximum Gasteiger partial charge on any atom is 0.122 e. The summed E-state index contributed by atoms with van der Waals surface area (Å²) in [5, 5.41) is 3.43. The molecule has 18 heavy (non-hydrogen) atoms. The van der Waals surface area contributed by atoms with E-state index in [4.69, 9.17) is 4.74 Å². The summed E-state index contributed by atoms with van der Waals surface area (Å²) in [7, 11) is 1.75. The van der Waals surface area contributed by atoms with Gasteiger partial charge in [0.1, 0.15) is 5.75 Å². The lowest BCUT2D eigenvalue weighted by Crippen LogP contribution is -2.49. The molecule has 1 unspecified atom stereocenters. The third-order valence-corrected chi connectivity index (χ3v) is 3.72. The number of piperazine rings is 1. The van der Waals surface area contributed by atoms with Gasteiger partial charge in [0.15, 0.2) is 0 Å². The van der Waals surface area contributed by atoms with E-state index in [-0.39, 0.29) is 0 Å². The molecule has 0 spiro atoms. The van der Waals surface area contributed by atoms with Gasteiger partial charge in [0, 0.05) is 25.7 Å². The Balaban J connectivity index is 1.80. The number of hydrogen-bond acceptors (Lipinski definition) is 3. The highest BCUT2D eigenvalue weighted by Crippen LogP contribution is 2.19. The van der Waals surface area contributed by atoms with Crippen molar-refractivity contribution >= 4 is 0 Å². The molecule has 2 rings (SSSR count). The number of rotatable bonds is 5. The summed E-state index contributed by atoms with van der Waals surface area (Å²) in [6.45, 7) is 6.90. The Hall–Kier alpha value is -1.06. The summed E-state index contributed by atoms with van der Waals surface area (Å²) in [4.78, 5) is 2.58. The van der Waals surface area contributed by atoms with Crippen molar-refractivity contribution in [3.05, 3.63) is 29.8 Å². The summed E-state index contributed by atoms with van der Waals surface area (Å²) in [6, 6.07) is 8.99. The second kappa shape index (κ2) is 6.76. The average molecular weight is 248 g/mol. The summed E-state index contributed by atoms with van der Waals surface area (Å²) in [6.07, 6.45) is 2.30. The van der Waals surface area contributed by atoms with Gasteiger partial charge in [-0.3, -0.25) is 4.90 Å². The largest absolute Gasteiger partial charge is 0.496 e. The van der Waals surface area contributed by atoms with Crippen LogP contribution in [0.3, 0.4) is 0 Å². The molecule has 1 fully saturated rings. The molecule has 0 radical (unpaired) electrons. The number of nitrogens with zero attached hydrogens (tertiary/aromatic N) is 1. The molecule has 100 valence electrons. The second-order valence-electron chi connectivity index (χ2n) is 5.00. The lowest BCUT2D eigenvalue weighted by Gasteiger charge is -2.33. The predicted octanol–water partition coefficient (Wildman–Crippen LogP) is 1.92. The van der Waals surface area contributed by atoms with Crippen LogP contribution in [-0.4, -0.2) is 44.2 Å². The van der Waals surface area contributed by atoms with Crippen molar-refractivity contribution < 1.29 is 4.74 Å². The van der Waals surface area contributed by atoms with Gasteiger partial charge in [0.05, 0.1) is 7.11 Å². The number of nitrogens with one attached hydrogen (secondary N) is 1. The van der Waals surface area contributed by atoms with E-state index >= 15 is 0 Å². The van der Waals surface area contributed by atoms with Crippen LogP contribution in [0.4, 0.5) is 0 Å². The number of benzene rings is 1. The lowest BCUT2D eigenvalue weighted by molar-refractivity contribution is 0.172. The zero-order valence-corrected chi connectivity index (χ0v) is 11.5. The number of aryl methyl sites for hydroxylation is 1. The smallest absolute Gasteiger partial charge is 0.122 e. The normalized spacial score (nSPS) is 20.9. The van der Waals surface area contributed by atoms with Gasteiger partial charge in [-0.25, -0.2) is 0 Å². The molecule has 3 nitrogen and oxygen atoms in total. The Morgan fingerprint density at radius 3 is 3.00 bits per heavy atom. The van der Waals surface area contributed by atoms with E-state index in [9.17, 15) is 0 Å². The number of para-hydroxylation sites is 1. The molecular weight excluding hydrogens is 224 g/mol. The van der Waals surface area contributed by atoms with Crippen LogP contribution in [0.1, 0.15) is 18.9 Å². The van der Waals surface area contributed by atoms with Crippen LogP contribution in [0.15, 0.2) is 24.3 Å². The average Bonchev–Trinajstić information content (AvgIpc) is 2.41. The zero-order valence-electron chi connectivity index (χ0n) is 11.5. The highest BCUT2D eigenvalue weighted by molar-refractivity contribution is 5.33. The van der Waals surface area contributed by atoms with Gasteiger partial charge in [0.2, 0.25) is 0 Å². The Kier molecular flexibility index (Phi) is 5.02. The number of ether oxygens (including phenoxy) is 1. The standard InChI is InChI=1S/C15H24N2O/c1-13-12-16-9-11-17(13)10-5-7-14-6-3-4-8-15(14)18-2/h3-4,6,8,13,16H,5,7,9-12H2,1-2H3. The minimum absolute atomic E-state index is 0.663. The van der Waals surface area contributed by atoms with Gasteiger partial charge in [-0.1, -0.05) is 18.2 Å². The molecule has 1 aromatic carbocycles. The Labute approximate surface area is 110 Å². The Morgan fingerprint density at radius 2 is 2.22 bits per heavy atom. The number of methoxy groups -OCH3 is 1. The van der Waals surface area contributed by atoms with Gasteiger partial charge in [-0.15, -0.1) is 0 Å². The van der Waals surface area contributed by atoms with E-state index in [2.05, 4.69) is 29.3 Å². The fraction of sp³-hybridized carbons (Fsp3) is 0.600. The van der Waals surface area contributed by atoms with Gasteiger partial charge in [-0.2, -0.15) is 0 Å². The second-order valence-corrected chi connectivity index (χ2v) is 5.00.